The van der Waals surface area contributed by atoms with E-state index in [1.807, 2.05) is 6.20 Å². The van der Waals surface area contributed by atoms with Crippen molar-refractivity contribution in [2.45, 2.75) is 25.2 Å². The Kier molecular flexibility index (Phi) is 2.68. The zero-order valence-corrected chi connectivity index (χ0v) is 9.97. The highest BCUT2D eigenvalue weighted by atomic mass is 15.1. The highest BCUT2D eigenvalue weighted by Crippen LogP contribution is 2.44. The lowest BCUT2D eigenvalue weighted by molar-refractivity contribution is 0.257. The van der Waals surface area contributed by atoms with Gasteiger partial charge in [0.1, 0.15) is 0 Å². The largest absolute Gasteiger partial charge is 0.306 e. The Morgan fingerprint density at radius 2 is 2.25 bits per heavy atom. The Bertz CT molecular complexity index is 349. The fourth-order valence-corrected chi connectivity index (χ4v) is 3.70. The van der Waals surface area contributed by atoms with Gasteiger partial charge in [-0.1, -0.05) is 12.5 Å². The third-order valence-corrected chi connectivity index (χ3v) is 4.39. The first-order valence-corrected chi connectivity index (χ1v) is 6.43. The van der Waals surface area contributed by atoms with Crippen LogP contribution in [0, 0.1) is 11.8 Å². The minimum atomic E-state index is 0.761. The Labute approximate surface area is 97.7 Å². The smallest absolute Gasteiger partial charge is 0.0302 e. The van der Waals surface area contributed by atoms with E-state index in [0.717, 1.165) is 17.8 Å². The standard InChI is InChI=1S/C14H20N2/c1-16-9-12-4-2-6-13(14(12)10-16)11-5-3-7-15-8-11/h3,5,7-8,12-14H,2,4,6,9-10H2,1H3/t12-,13-,14+/m0/s1. The summed E-state index contributed by atoms with van der Waals surface area (Å²) in [7, 11) is 2.26. The van der Waals surface area contributed by atoms with E-state index in [0.29, 0.717) is 0 Å². The van der Waals surface area contributed by atoms with E-state index < -0.39 is 0 Å². The van der Waals surface area contributed by atoms with Crippen LogP contribution in [0.5, 0.6) is 0 Å². The summed E-state index contributed by atoms with van der Waals surface area (Å²) in [6.07, 6.45) is 8.15. The summed E-state index contributed by atoms with van der Waals surface area (Å²) in [5, 5.41) is 0. The van der Waals surface area contributed by atoms with Gasteiger partial charge in [-0.25, -0.2) is 0 Å². The second-order valence-electron chi connectivity index (χ2n) is 5.47. The van der Waals surface area contributed by atoms with Gasteiger partial charge in [-0.15, -0.1) is 0 Å². The van der Waals surface area contributed by atoms with E-state index >= 15 is 0 Å². The molecule has 2 heteroatoms. The molecule has 1 aliphatic heterocycles. The Morgan fingerprint density at radius 1 is 1.31 bits per heavy atom. The van der Waals surface area contributed by atoms with Crippen LogP contribution >= 0.6 is 0 Å². The van der Waals surface area contributed by atoms with Crippen molar-refractivity contribution in [3.63, 3.8) is 0 Å². The summed E-state index contributed by atoms with van der Waals surface area (Å²) in [5.41, 5.74) is 1.47. The van der Waals surface area contributed by atoms with Gasteiger partial charge in [0, 0.05) is 25.5 Å². The van der Waals surface area contributed by atoms with Crippen LogP contribution in [-0.2, 0) is 0 Å². The topological polar surface area (TPSA) is 16.1 Å². The van der Waals surface area contributed by atoms with Gasteiger partial charge in [-0.2, -0.15) is 0 Å². The number of fused-ring (bicyclic) bond motifs is 1. The molecule has 86 valence electrons. The van der Waals surface area contributed by atoms with Crippen LogP contribution in [0.15, 0.2) is 24.5 Å². The molecule has 0 bridgehead atoms. The maximum atomic E-state index is 4.28. The van der Waals surface area contributed by atoms with E-state index in [-0.39, 0.29) is 0 Å². The molecule has 2 aliphatic rings. The highest BCUT2D eigenvalue weighted by Gasteiger charge is 2.39. The molecule has 0 radical (unpaired) electrons. The number of hydrogen-bond acceptors (Lipinski definition) is 2. The van der Waals surface area contributed by atoms with E-state index in [1.54, 1.807) is 0 Å². The lowest BCUT2D eigenvalue weighted by atomic mass is 9.71. The normalized spacial score (nSPS) is 34.9. The van der Waals surface area contributed by atoms with Crippen LogP contribution in [0.2, 0.25) is 0 Å². The average molecular weight is 216 g/mol. The zero-order valence-electron chi connectivity index (χ0n) is 9.97. The van der Waals surface area contributed by atoms with Crippen molar-refractivity contribution in [3.05, 3.63) is 30.1 Å². The van der Waals surface area contributed by atoms with Gasteiger partial charge in [0.2, 0.25) is 0 Å². The molecule has 2 heterocycles. The first-order chi connectivity index (χ1) is 7.84. The number of hydrogen-bond donors (Lipinski definition) is 0. The van der Waals surface area contributed by atoms with Crippen molar-refractivity contribution in [2.24, 2.45) is 11.8 Å². The Morgan fingerprint density at radius 3 is 3.06 bits per heavy atom. The molecular weight excluding hydrogens is 196 g/mol. The summed E-state index contributed by atoms with van der Waals surface area (Å²) in [5.74, 6) is 2.57. The molecule has 2 fully saturated rings. The van der Waals surface area contributed by atoms with Gasteiger partial charge in [0.25, 0.3) is 0 Å². The van der Waals surface area contributed by atoms with Crippen molar-refractivity contribution in [1.29, 1.82) is 0 Å². The van der Waals surface area contributed by atoms with E-state index in [9.17, 15) is 0 Å². The van der Waals surface area contributed by atoms with E-state index in [1.165, 1.54) is 37.9 Å². The molecule has 1 aromatic heterocycles. The Hall–Kier alpha value is -0.890. The molecule has 1 aromatic rings. The molecule has 3 atom stereocenters. The van der Waals surface area contributed by atoms with Gasteiger partial charge in [0.05, 0.1) is 0 Å². The van der Waals surface area contributed by atoms with E-state index in [4.69, 9.17) is 0 Å². The maximum Gasteiger partial charge on any atom is 0.0302 e. The average Bonchev–Trinajstić information content (AvgIpc) is 2.70. The molecule has 1 saturated carbocycles. The molecular formula is C14H20N2. The first kappa shape index (κ1) is 10.3. The predicted octanol–water partition coefficient (Wildman–Crippen LogP) is 2.53. The number of aromatic nitrogens is 1. The fourth-order valence-electron chi connectivity index (χ4n) is 3.70. The third kappa shape index (κ3) is 1.75. The van der Waals surface area contributed by atoms with Crippen molar-refractivity contribution in [3.8, 4) is 0 Å². The van der Waals surface area contributed by atoms with Gasteiger partial charge in [-0.3, -0.25) is 4.98 Å². The molecule has 1 saturated heterocycles. The number of nitrogens with zero attached hydrogens (tertiary/aromatic N) is 2. The highest BCUT2D eigenvalue weighted by molar-refractivity contribution is 5.18. The summed E-state index contributed by atoms with van der Waals surface area (Å²) in [6.45, 7) is 2.59. The second-order valence-corrected chi connectivity index (χ2v) is 5.47. The zero-order chi connectivity index (χ0) is 11.0. The molecule has 0 aromatic carbocycles. The second kappa shape index (κ2) is 4.17. The first-order valence-electron chi connectivity index (χ1n) is 6.43. The fraction of sp³-hybridized carbons (Fsp3) is 0.643. The van der Waals surface area contributed by atoms with Crippen LogP contribution in [0.3, 0.4) is 0 Å². The summed E-state index contributed by atoms with van der Waals surface area (Å²) in [4.78, 5) is 6.78. The van der Waals surface area contributed by atoms with Crippen LogP contribution < -0.4 is 0 Å². The molecule has 0 N–H and O–H groups in total. The maximum absolute atomic E-state index is 4.28. The molecule has 2 nitrogen and oxygen atoms in total. The van der Waals surface area contributed by atoms with Crippen LogP contribution in [0.1, 0.15) is 30.7 Å². The number of rotatable bonds is 1. The van der Waals surface area contributed by atoms with E-state index in [2.05, 4.69) is 35.3 Å². The van der Waals surface area contributed by atoms with Gasteiger partial charge in [-0.05, 0) is 49.3 Å². The predicted molar refractivity (Wildman–Crippen MR) is 65.3 cm³/mol. The van der Waals surface area contributed by atoms with Crippen molar-refractivity contribution in [2.75, 3.05) is 20.1 Å². The van der Waals surface area contributed by atoms with Crippen LogP contribution in [0.25, 0.3) is 0 Å². The number of pyridine rings is 1. The third-order valence-electron chi connectivity index (χ3n) is 4.39. The summed E-state index contributed by atoms with van der Waals surface area (Å²) >= 11 is 0. The SMILES string of the molecule is CN1C[C@@H]2CCC[C@@H](c3cccnc3)[C@@H]2C1. The Balaban J connectivity index is 1.85. The summed E-state index contributed by atoms with van der Waals surface area (Å²) < 4.78 is 0. The lowest BCUT2D eigenvalue weighted by Crippen LogP contribution is -2.25. The monoisotopic (exact) mass is 216 g/mol. The minimum absolute atomic E-state index is 0.761. The minimum Gasteiger partial charge on any atom is -0.306 e. The van der Waals surface area contributed by atoms with Crippen LogP contribution in [0.4, 0.5) is 0 Å². The van der Waals surface area contributed by atoms with Gasteiger partial charge >= 0.3 is 0 Å². The van der Waals surface area contributed by atoms with Crippen molar-refractivity contribution >= 4 is 0 Å². The molecule has 1 aliphatic carbocycles. The van der Waals surface area contributed by atoms with Gasteiger partial charge in [0.15, 0.2) is 0 Å². The number of likely N-dealkylation sites (tertiary alicyclic amines) is 1. The van der Waals surface area contributed by atoms with Crippen molar-refractivity contribution in [1.82, 2.24) is 9.88 Å². The van der Waals surface area contributed by atoms with Crippen LogP contribution in [-0.4, -0.2) is 30.0 Å². The summed E-state index contributed by atoms with van der Waals surface area (Å²) in [6, 6.07) is 4.34. The quantitative estimate of drug-likeness (QED) is 0.717. The molecule has 16 heavy (non-hydrogen) atoms. The molecule has 0 unspecified atom stereocenters. The molecule has 3 rings (SSSR count). The molecule has 0 spiro atoms. The van der Waals surface area contributed by atoms with Gasteiger partial charge < -0.3 is 4.90 Å². The van der Waals surface area contributed by atoms with Crippen molar-refractivity contribution < 1.29 is 0 Å². The molecule has 0 amide bonds. The lowest BCUT2D eigenvalue weighted by Gasteiger charge is -2.33.